The Morgan fingerprint density at radius 1 is 1.04 bits per heavy atom. The Hall–Kier alpha value is -4.74. The minimum absolute atomic E-state index is 0.134. The van der Waals surface area contributed by atoms with Gasteiger partial charge in [0, 0.05) is 21.3 Å². The highest BCUT2D eigenvalue weighted by Crippen LogP contribution is 2.42. The van der Waals surface area contributed by atoms with Crippen molar-refractivity contribution in [2.24, 2.45) is 5.10 Å². The van der Waals surface area contributed by atoms with Crippen LogP contribution in [0.15, 0.2) is 81.1 Å². The van der Waals surface area contributed by atoms with Crippen molar-refractivity contribution in [3.05, 3.63) is 109 Å². The smallest absolute Gasteiger partial charge is 0.282 e. The Balaban J connectivity index is 1.55. The Kier molecular flexibility index (Phi) is 11.4. The molecule has 0 unspecified atom stereocenters. The van der Waals surface area contributed by atoms with E-state index >= 15 is 0 Å². The number of nitrogens with zero attached hydrogens (tertiary/aromatic N) is 3. The second kappa shape index (κ2) is 15.7. The van der Waals surface area contributed by atoms with Gasteiger partial charge in [-0.1, -0.05) is 37.6 Å². The van der Waals surface area contributed by atoms with Crippen molar-refractivity contribution in [1.29, 1.82) is 0 Å². The zero-order chi connectivity index (χ0) is 35.2. The number of aryl methyl sites for hydroxylation is 1. The quantitative estimate of drug-likeness (QED) is 0.128. The first-order valence-corrected chi connectivity index (χ1v) is 16.9. The predicted octanol–water partition coefficient (Wildman–Crippen LogP) is 8.75. The topological polar surface area (TPSA) is 104 Å². The average molecular weight is 750 g/mol. The van der Waals surface area contributed by atoms with E-state index < -0.39 is 18.3 Å². The molecule has 0 aliphatic rings. The van der Waals surface area contributed by atoms with Crippen molar-refractivity contribution in [3.8, 4) is 28.6 Å². The van der Waals surface area contributed by atoms with Gasteiger partial charge < -0.3 is 19.5 Å². The normalized spacial score (nSPS) is 11.4. The molecule has 5 aromatic rings. The largest absolute Gasteiger partial charge is 0.494 e. The van der Waals surface area contributed by atoms with E-state index in [4.69, 9.17) is 30.8 Å². The lowest BCUT2D eigenvalue weighted by molar-refractivity contribution is -0.118. The lowest BCUT2D eigenvalue weighted by atomic mass is 9.96. The van der Waals surface area contributed by atoms with E-state index in [1.54, 1.807) is 31.2 Å². The van der Waals surface area contributed by atoms with Crippen LogP contribution in [0.3, 0.4) is 0 Å². The van der Waals surface area contributed by atoms with Gasteiger partial charge in [0.1, 0.15) is 16.6 Å². The standard InChI is InChI=1S/C37H35BrClFN4O5/c1-6-47-30-16-22(5)28(18-27(30)21(3)4)36-43-29-11-9-8-10-26(29)37(46)44(36)41-19-23-17-31(48-7-2)35(34(39)33(23)38)49-20-32(45)42-25-14-12-24(40)13-15-25/h8-19,21H,6-7,20H2,1-5H3,(H,42,45). The summed E-state index contributed by atoms with van der Waals surface area (Å²) in [7, 11) is 0. The first-order valence-electron chi connectivity index (χ1n) is 15.7. The Bertz CT molecular complexity index is 2100. The van der Waals surface area contributed by atoms with Gasteiger partial charge in [-0.05, 0) is 108 Å². The molecule has 0 spiro atoms. The highest BCUT2D eigenvalue weighted by Gasteiger charge is 2.21. The molecule has 254 valence electrons. The Morgan fingerprint density at radius 2 is 1.73 bits per heavy atom. The molecular weight excluding hydrogens is 715 g/mol. The van der Waals surface area contributed by atoms with Gasteiger partial charge in [-0.3, -0.25) is 9.59 Å². The number of halogens is 3. The molecule has 0 aliphatic carbocycles. The van der Waals surface area contributed by atoms with Gasteiger partial charge in [0.2, 0.25) is 0 Å². The molecule has 1 heterocycles. The highest BCUT2D eigenvalue weighted by atomic mass is 79.9. The minimum Gasteiger partial charge on any atom is -0.494 e. The fraction of sp³-hybridized carbons (Fsp3) is 0.243. The molecule has 0 saturated heterocycles. The molecule has 0 atom stereocenters. The summed E-state index contributed by atoms with van der Waals surface area (Å²) in [5.41, 5.74) is 3.68. The highest BCUT2D eigenvalue weighted by molar-refractivity contribution is 9.10. The van der Waals surface area contributed by atoms with Gasteiger partial charge in [-0.25, -0.2) is 9.37 Å². The van der Waals surface area contributed by atoms with E-state index in [0.29, 0.717) is 39.1 Å². The van der Waals surface area contributed by atoms with Crippen molar-refractivity contribution in [2.45, 2.75) is 40.5 Å². The summed E-state index contributed by atoms with van der Waals surface area (Å²) in [6.45, 7) is 10.3. The monoisotopic (exact) mass is 748 g/mol. The van der Waals surface area contributed by atoms with Gasteiger partial charge in [-0.15, -0.1) is 0 Å². The summed E-state index contributed by atoms with van der Waals surface area (Å²) in [4.78, 5) is 31.4. The van der Waals surface area contributed by atoms with Gasteiger partial charge in [0.05, 0.1) is 30.3 Å². The Morgan fingerprint density at radius 3 is 2.43 bits per heavy atom. The number of rotatable bonds is 12. The second-order valence-electron chi connectivity index (χ2n) is 11.3. The molecule has 1 aromatic heterocycles. The van der Waals surface area contributed by atoms with Crippen LogP contribution in [0.5, 0.6) is 17.2 Å². The fourth-order valence-corrected chi connectivity index (χ4v) is 5.81. The third-order valence-corrected chi connectivity index (χ3v) is 8.96. The number of anilines is 1. The predicted molar refractivity (Wildman–Crippen MR) is 195 cm³/mol. The number of carbonyl (C=O) groups excluding carboxylic acids is 1. The summed E-state index contributed by atoms with van der Waals surface area (Å²) in [5, 5.41) is 7.83. The summed E-state index contributed by atoms with van der Waals surface area (Å²) in [5.74, 6) is 0.803. The summed E-state index contributed by atoms with van der Waals surface area (Å²) < 4.78 is 32.5. The maximum Gasteiger partial charge on any atom is 0.282 e. The number of nitrogens with one attached hydrogen (secondary N) is 1. The maximum atomic E-state index is 14.0. The van der Waals surface area contributed by atoms with Gasteiger partial charge in [0.15, 0.2) is 23.9 Å². The summed E-state index contributed by atoms with van der Waals surface area (Å²) in [6, 6.07) is 18.1. The fourth-order valence-electron chi connectivity index (χ4n) is 5.16. The molecule has 9 nitrogen and oxygen atoms in total. The molecule has 5 rings (SSSR count). The van der Waals surface area contributed by atoms with E-state index in [9.17, 15) is 14.0 Å². The number of fused-ring (bicyclic) bond motifs is 1. The molecule has 12 heteroatoms. The lowest BCUT2D eigenvalue weighted by Crippen LogP contribution is -2.21. The molecule has 0 bridgehead atoms. The number of ether oxygens (including phenoxy) is 3. The van der Waals surface area contributed by atoms with E-state index in [1.807, 2.05) is 32.0 Å². The Labute approximate surface area is 296 Å². The van der Waals surface area contributed by atoms with Crippen molar-refractivity contribution in [2.75, 3.05) is 25.1 Å². The van der Waals surface area contributed by atoms with Crippen LogP contribution >= 0.6 is 27.5 Å². The van der Waals surface area contributed by atoms with Crippen LogP contribution in [0.4, 0.5) is 10.1 Å². The maximum absolute atomic E-state index is 14.0. The van der Waals surface area contributed by atoms with Gasteiger partial charge >= 0.3 is 0 Å². The number of aromatic nitrogens is 2. The number of carbonyl (C=O) groups is 1. The second-order valence-corrected chi connectivity index (χ2v) is 12.5. The van der Waals surface area contributed by atoms with Gasteiger partial charge in [0.25, 0.3) is 11.5 Å². The molecule has 49 heavy (non-hydrogen) atoms. The minimum atomic E-state index is -0.479. The molecule has 0 radical (unpaired) electrons. The number of hydrogen-bond donors (Lipinski definition) is 1. The van der Waals surface area contributed by atoms with Gasteiger partial charge in [-0.2, -0.15) is 9.78 Å². The molecular formula is C37H35BrClFN4O5. The van der Waals surface area contributed by atoms with E-state index in [2.05, 4.69) is 40.2 Å². The average Bonchev–Trinajstić information content (AvgIpc) is 3.07. The summed E-state index contributed by atoms with van der Waals surface area (Å²) >= 11 is 10.3. The zero-order valence-electron chi connectivity index (χ0n) is 27.6. The van der Waals surface area contributed by atoms with Crippen LogP contribution in [0.25, 0.3) is 22.3 Å². The first-order chi connectivity index (χ1) is 23.5. The third-order valence-electron chi connectivity index (χ3n) is 7.52. The first kappa shape index (κ1) is 35.6. The molecule has 1 N–H and O–H groups in total. The van der Waals surface area contributed by atoms with Crippen molar-refractivity contribution in [1.82, 2.24) is 9.66 Å². The zero-order valence-corrected chi connectivity index (χ0v) is 30.0. The number of amides is 1. The summed E-state index contributed by atoms with van der Waals surface area (Å²) in [6.07, 6.45) is 1.48. The van der Waals surface area contributed by atoms with Crippen molar-refractivity contribution < 1.29 is 23.4 Å². The molecule has 0 fully saturated rings. The SMILES string of the molecule is CCOc1cc(C)c(-c2nc3ccccc3c(=O)n2N=Cc2cc(OCC)c(OCC(=O)Nc3ccc(F)cc3)c(Cl)c2Br)cc1C(C)C. The molecule has 1 amide bonds. The molecule has 4 aromatic carbocycles. The van der Waals surface area contributed by atoms with E-state index in [1.165, 1.54) is 35.2 Å². The molecule has 0 aliphatic heterocycles. The van der Waals surface area contributed by atoms with Crippen LogP contribution in [0.2, 0.25) is 5.02 Å². The third kappa shape index (κ3) is 7.95. The van der Waals surface area contributed by atoms with Crippen LogP contribution < -0.4 is 25.1 Å². The molecule has 0 saturated carbocycles. The number of hydrogen-bond acceptors (Lipinski definition) is 7. The van der Waals surface area contributed by atoms with Crippen LogP contribution in [-0.4, -0.2) is 41.6 Å². The van der Waals surface area contributed by atoms with Crippen molar-refractivity contribution >= 4 is 56.2 Å². The van der Waals surface area contributed by atoms with E-state index in [0.717, 1.165) is 22.4 Å². The number of benzene rings is 4. The van der Waals surface area contributed by atoms with E-state index in [-0.39, 0.29) is 34.6 Å². The van der Waals surface area contributed by atoms with Crippen LogP contribution in [0, 0.1) is 12.7 Å². The van der Waals surface area contributed by atoms with Crippen LogP contribution in [-0.2, 0) is 4.79 Å². The van der Waals surface area contributed by atoms with Crippen molar-refractivity contribution in [3.63, 3.8) is 0 Å². The van der Waals surface area contributed by atoms with Crippen LogP contribution in [0.1, 0.15) is 50.3 Å². The number of para-hydroxylation sites is 1. The lowest BCUT2D eigenvalue weighted by Gasteiger charge is -2.18.